The number of piperidine rings is 1. The number of fused-ring (bicyclic) bond motifs is 1. The van der Waals surface area contributed by atoms with Gasteiger partial charge >= 0.3 is 6.03 Å². The fourth-order valence-corrected chi connectivity index (χ4v) is 6.55. The van der Waals surface area contributed by atoms with Gasteiger partial charge in [-0.05, 0) is 61.7 Å². The van der Waals surface area contributed by atoms with Gasteiger partial charge in [-0.2, -0.15) is 0 Å². The van der Waals surface area contributed by atoms with E-state index in [9.17, 15) is 13.2 Å². The third-order valence-electron chi connectivity index (χ3n) is 6.90. The molecule has 2 aromatic heterocycles. The molecule has 2 aromatic rings. The lowest BCUT2D eigenvalue weighted by Crippen LogP contribution is -2.44. The first kappa shape index (κ1) is 22.2. The molecule has 33 heavy (non-hydrogen) atoms. The van der Waals surface area contributed by atoms with Crippen LogP contribution in [0.4, 0.5) is 4.79 Å². The van der Waals surface area contributed by atoms with Gasteiger partial charge < -0.3 is 15.0 Å². The molecule has 10 heteroatoms. The maximum absolute atomic E-state index is 13.1. The number of hydrogen-bond acceptors (Lipinski definition) is 7. The van der Waals surface area contributed by atoms with Crippen LogP contribution in [0.2, 0.25) is 0 Å². The van der Waals surface area contributed by atoms with Gasteiger partial charge in [0.1, 0.15) is 0 Å². The van der Waals surface area contributed by atoms with Crippen molar-refractivity contribution < 1.29 is 17.9 Å². The highest BCUT2D eigenvalue weighted by Crippen LogP contribution is 2.27. The van der Waals surface area contributed by atoms with Crippen LogP contribution in [0.1, 0.15) is 36.1 Å². The topological polar surface area (TPSA) is 105 Å². The van der Waals surface area contributed by atoms with Gasteiger partial charge in [0, 0.05) is 44.3 Å². The van der Waals surface area contributed by atoms with Crippen molar-refractivity contribution in [3.63, 3.8) is 0 Å². The van der Waals surface area contributed by atoms with Gasteiger partial charge in [0.15, 0.2) is 9.84 Å². The number of pyridine rings is 2. The number of carbonyl (C=O) groups is 1. The van der Waals surface area contributed by atoms with E-state index >= 15 is 0 Å². The predicted molar refractivity (Wildman–Crippen MR) is 121 cm³/mol. The van der Waals surface area contributed by atoms with Crippen LogP contribution in [-0.4, -0.2) is 71.8 Å². The first-order valence-electron chi connectivity index (χ1n) is 11.5. The van der Waals surface area contributed by atoms with Crippen LogP contribution in [0.25, 0.3) is 0 Å². The lowest BCUT2D eigenvalue weighted by Gasteiger charge is -2.35. The smallest absolute Gasteiger partial charge is 0.318 e. The molecular weight excluding hydrogens is 442 g/mol. The maximum atomic E-state index is 13.1. The van der Waals surface area contributed by atoms with Crippen molar-refractivity contribution in [1.29, 1.82) is 0 Å². The van der Waals surface area contributed by atoms with E-state index in [0.717, 1.165) is 43.9 Å². The minimum Gasteiger partial charge on any atom is -0.380 e. The molecule has 0 aliphatic carbocycles. The summed E-state index contributed by atoms with van der Waals surface area (Å²) < 4.78 is 31.7. The van der Waals surface area contributed by atoms with Gasteiger partial charge in [0.05, 0.1) is 29.0 Å². The van der Waals surface area contributed by atoms with E-state index in [1.807, 2.05) is 6.07 Å². The number of nitrogens with zero attached hydrogens (tertiary/aromatic N) is 4. The molecular formula is C23H29N5O4S. The van der Waals surface area contributed by atoms with Crippen LogP contribution in [0, 0.1) is 0 Å². The fraction of sp³-hybridized carbons (Fsp3) is 0.522. The summed E-state index contributed by atoms with van der Waals surface area (Å²) in [6.07, 6.45) is 7.23. The molecule has 1 N–H and O–H groups in total. The third-order valence-corrected chi connectivity index (χ3v) is 9.15. The Morgan fingerprint density at radius 2 is 1.91 bits per heavy atom. The summed E-state index contributed by atoms with van der Waals surface area (Å²) in [6, 6.07) is 5.47. The Morgan fingerprint density at radius 1 is 1.09 bits per heavy atom. The second-order valence-corrected chi connectivity index (χ2v) is 11.2. The van der Waals surface area contributed by atoms with E-state index < -0.39 is 9.84 Å². The average Bonchev–Trinajstić information content (AvgIpc) is 3.53. The minimum atomic E-state index is -3.42. The number of rotatable bonds is 5. The average molecular weight is 472 g/mol. The molecule has 5 rings (SSSR count). The Kier molecular flexibility index (Phi) is 6.31. The predicted octanol–water partition coefficient (Wildman–Crippen LogP) is 1.73. The Balaban J connectivity index is 1.14. The maximum Gasteiger partial charge on any atom is 0.318 e. The number of likely N-dealkylation sites (tertiary alicyclic amines) is 1. The Labute approximate surface area is 194 Å². The molecule has 1 atom stereocenters. The molecule has 3 aliphatic heterocycles. The van der Waals surface area contributed by atoms with Gasteiger partial charge in [-0.1, -0.05) is 0 Å². The summed E-state index contributed by atoms with van der Waals surface area (Å²) in [4.78, 5) is 25.2. The Morgan fingerprint density at radius 3 is 2.61 bits per heavy atom. The standard InChI is InChI=1S/C23H29N5O4S/c29-23(28-14-17-3-7-24-11-18(17)15-28)26-12-19-1-2-22(13-25-19)33(30,31)21-4-8-27(9-5-21)20-6-10-32-16-20/h1-3,7,11,13,20-21H,4-6,8-10,12,14-16H2,(H,26,29). The second-order valence-electron chi connectivity index (χ2n) is 8.94. The number of nitrogens with one attached hydrogen (secondary N) is 1. The molecule has 0 bridgehead atoms. The lowest BCUT2D eigenvalue weighted by molar-refractivity contribution is 0.129. The van der Waals surface area contributed by atoms with Gasteiger partial charge in [-0.3, -0.25) is 14.9 Å². The van der Waals surface area contributed by atoms with Crippen molar-refractivity contribution in [3.05, 3.63) is 53.6 Å². The number of urea groups is 1. The highest BCUT2D eigenvalue weighted by molar-refractivity contribution is 7.92. The zero-order chi connectivity index (χ0) is 22.8. The molecule has 2 saturated heterocycles. The summed E-state index contributed by atoms with van der Waals surface area (Å²) in [5.41, 5.74) is 2.79. The van der Waals surface area contributed by atoms with E-state index in [-0.39, 0.29) is 22.7 Å². The minimum absolute atomic E-state index is 0.177. The molecule has 2 fully saturated rings. The molecule has 1 unspecified atom stereocenters. The van der Waals surface area contributed by atoms with E-state index in [1.165, 1.54) is 6.20 Å². The number of carbonyl (C=O) groups excluding carboxylic acids is 1. The molecule has 0 saturated carbocycles. The van der Waals surface area contributed by atoms with Crippen molar-refractivity contribution in [2.24, 2.45) is 0 Å². The van der Waals surface area contributed by atoms with Gasteiger partial charge in [0.25, 0.3) is 0 Å². The van der Waals surface area contributed by atoms with Crippen LogP contribution in [0.3, 0.4) is 0 Å². The summed E-state index contributed by atoms with van der Waals surface area (Å²) in [5.74, 6) is 0. The molecule has 5 heterocycles. The SMILES string of the molecule is O=C(NCc1ccc(S(=O)(=O)C2CCN(C3CCOC3)CC2)cn1)N1Cc2ccncc2C1. The largest absolute Gasteiger partial charge is 0.380 e. The monoisotopic (exact) mass is 471 g/mol. The third kappa shape index (κ3) is 4.73. The van der Waals surface area contributed by atoms with E-state index in [0.29, 0.717) is 37.7 Å². The lowest BCUT2D eigenvalue weighted by atomic mass is 10.1. The number of amides is 2. The van der Waals surface area contributed by atoms with Crippen LogP contribution in [0.5, 0.6) is 0 Å². The highest BCUT2D eigenvalue weighted by atomic mass is 32.2. The second kappa shape index (κ2) is 9.36. The number of hydrogen-bond donors (Lipinski definition) is 1. The molecule has 0 aromatic carbocycles. The summed E-state index contributed by atoms with van der Waals surface area (Å²) in [6.45, 7) is 4.45. The molecule has 0 radical (unpaired) electrons. The van der Waals surface area contributed by atoms with Crippen LogP contribution >= 0.6 is 0 Å². The van der Waals surface area contributed by atoms with Gasteiger partial charge in [-0.15, -0.1) is 0 Å². The van der Waals surface area contributed by atoms with Crippen LogP contribution in [0.15, 0.2) is 41.7 Å². The van der Waals surface area contributed by atoms with Crippen molar-refractivity contribution in [1.82, 2.24) is 25.1 Å². The zero-order valence-corrected chi connectivity index (χ0v) is 19.3. The quantitative estimate of drug-likeness (QED) is 0.708. The first-order valence-corrected chi connectivity index (χ1v) is 13.0. The van der Waals surface area contributed by atoms with Crippen LogP contribution in [-0.2, 0) is 34.2 Å². The summed E-state index contributed by atoms with van der Waals surface area (Å²) in [7, 11) is -3.42. The van der Waals surface area contributed by atoms with E-state index in [1.54, 1.807) is 29.4 Å². The van der Waals surface area contributed by atoms with E-state index in [2.05, 4.69) is 20.2 Å². The van der Waals surface area contributed by atoms with Crippen molar-refractivity contribution in [3.8, 4) is 0 Å². The van der Waals surface area contributed by atoms with Crippen molar-refractivity contribution in [2.45, 2.75) is 55.1 Å². The van der Waals surface area contributed by atoms with Crippen LogP contribution < -0.4 is 5.32 Å². The Bertz CT molecular complexity index is 1070. The zero-order valence-electron chi connectivity index (χ0n) is 18.5. The number of ether oxygens (including phenoxy) is 1. The fourth-order valence-electron chi connectivity index (χ4n) is 4.88. The summed E-state index contributed by atoms with van der Waals surface area (Å²) >= 11 is 0. The number of sulfone groups is 1. The molecule has 3 aliphatic rings. The molecule has 0 spiro atoms. The highest BCUT2D eigenvalue weighted by Gasteiger charge is 2.34. The van der Waals surface area contributed by atoms with E-state index in [4.69, 9.17) is 4.74 Å². The normalized spacial score (nSPS) is 21.8. The first-order chi connectivity index (χ1) is 16.0. The summed E-state index contributed by atoms with van der Waals surface area (Å²) in [5, 5.41) is 2.49. The van der Waals surface area contributed by atoms with Crippen molar-refractivity contribution >= 4 is 15.9 Å². The molecule has 176 valence electrons. The van der Waals surface area contributed by atoms with Gasteiger partial charge in [-0.25, -0.2) is 13.2 Å². The Hall–Kier alpha value is -2.56. The number of aromatic nitrogens is 2. The molecule has 2 amide bonds. The van der Waals surface area contributed by atoms with Crippen molar-refractivity contribution in [2.75, 3.05) is 26.3 Å². The molecule has 9 nitrogen and oxygen atoms in total. The van der Waals surface area contributed by atoms with Gasteiger partial charge in [0.2, 0.25) is 0 Å².